The summed E-state index contributed by atoms with van der Waals surface area (Å²) in [4.78, 5) is 11.3. The topological polar surface area (TPSA) is 83.5 Å². The highest BCUT2D eigenvalue weighted by molar-refractivity contribution is 7.89. The molecule has 0 bridgehead atoms. The second kappa shape index (κ2) is 5.77. The van der Waals surface area contributed by atoms with Gasteiger partial charge in [-0.1, -0.05) is 6.07 Å². The first kappa shape index (κ1) is 17.7. The second-order valence-corrected chi connectivity index (χ2v) is 7.81. The Kier molecular flexibility index (Phi) is 4.85. The van der Waals surface area contributed by atoms with Crippen molar-refractivity contribution in [2.24, 2.45) is 5.41 Å². The molecule has 1 rings (SSSR count). The Morgan fingerprint density at radius 2 is 1.57 bits per heavy atom. The average molecular weight is 313 g/mol. The molecule has 0 heterocycles. The number of carboxylic acid groups (broad SMARTS) is 1. The summed E-state index contributed by atoms with van der Waals surface area (Å²) >= 11 is 0. The van der Waals surface area contributed by atoms with Crippen LogP contribution in [0.15, 0.2) is 11.0 Å². The number of carboxylic acids is 1. The highest BCUT2D eigenvalue weighted by atomic mass is 32.2. The maximum Gasteiger partial charge on any atom is 0.310 e. The number of benzene rings is 1. The molecule has 2 N–H and O–H groups in total. The van der Waals surface area contributed by atoms with E-state index in [2.05, 4.69) is 4.72 Å². The number of sulfonamides is 1. The molecule has 0 saturated heterocycles. The normalized spacial score (nSPS) is 12.5. The van der Waals surface area contributed by atoms with Crippen LogP contribution in [0, 0.1) is 33.1 Å². The van der Waals surface area contributed by atoms with Gasteiger partial charge in [-0.15, -0.1) is 0 Å². The number of hydrogen-bond acceptors (Lipinski definition) is 3. The summed E-state index contributed by atoms with van der Waals surface area (Å²) in [6.07, 6.45) is 0. The molecule has 0 aliphatic carbocycles. The second-order valence-electron chi connectivity index (χ2n) is 6.10. The van der Waals surface area contributed by atoms with Crippen LogP contribution in [-0.2, 0) is 14.8 Å². The van der Waals surface area contributed by atoms with Crippen molar-refractivity contribution in [3.8, 4) is 0 Å². The van der Waals surface area contributed by atoms with Crippen molar-refractivity contribution in [1.29, 1.82) is 0 Å². The van der Waals surface area contributed by atoms with Crippen molar-refractivity contribution in [1.82, 2.24) is 4.72 Å². The molecular weight excluding hydrogens is 290 g/mol. The monoisotopic (exact) mass is 313 g/mol. The minimum absolute atomic E-state index is 0.156. The van der Waals surface area contributed by atoms with Gasteiger partial charge in [-0.2, -0.15) is 0 Å². The Hall–Kier alpha value is -1.40. The summed E-state index contributed by atoms with van der Waals surface area (Å²) in [5.41, 5.74) is 2.03. The molecule has 0 aliphatic heterocycles. The Morgan fingerprint density at radius 1 is 1.14 bits per heavy atom. The molecule has 0 spiro atoms. The molecule has 0 atom stereocenters. The van der Waals surface area contributed by atoms with Gasteiger partial charge in [0.25, 0.3) is 0 Å². The van der Waals surface area contributed by atoms with Crippen LogP contribution in [0.4, 0.5) is 0 Å². The van der Waals surface area contributed by atoms with Gasteiger partial charge in [0, 0.05) is 6.54 Å². The fraction of sp³-hybridized carbons (Fsp3) is 0.533. The lowest BCUT2D eigenvalue weighted by Gasteiger charge is -2.21. The standard InChI is InChI=1S/C15H23NO4S/c1-9-7-10(2)12(4)13(11(9)3)21(19,20)16-8-15(5,6)14(17)18/h7,16H,8H2,1-6H3,(H,17,18). The van der Waals surface area contributed by atoms with Gasteiger partial charge in [0.15, 0.2) is 0 Å². The zero-order valence-corrected chi connectivity index (χ0v) is 14.2. The fourth-order valence-corrected chi connectivity index (χ4v) is 3.83. The van der Waals surface area contributed by atoms with Crippen molar-refractivity contribution >= 4 is 16.0 Å². The smallest absolute Gasteiger partial charge is 0.310 e. The lowest BCUT2D eigenvalue weighted by molar-refractivity contribution is -0.146. The van der Waals surface area contributed by atoms with Gasteiger partial charge < -0.3 is 5.11 Å². The maximum atomic E-state index is 12.5. The molecule has 0 saturated carbocycles. The Balaban J connectivity index is 3.25. The van der Waals surface area contributed by atoms with Gasteiger partial charge >= 0.3 is 5.97 Å². The summed E-state index contributed by atoms with van der Waals surface area (Å²) in [6.45, 7) is 10.1. The highest BCUT2D eigenvalue weighted by Crippen LogP contribution is 2.26. The van der Waals surface area contributed by atoms with Crippen molar-refractivity contribution in [2.75, 3.05) is 6.54 Å². The van der Waals surface area contributed by atoms with E-state index in [1.165, 1.54) is 13.8 Å². The summed E-state index contributed by atoms with van der Waals surface area (Å²) in [6, 6.07) is 1.95. The van der Waals surface area contributed by atoms with E-state index < -0.39 is 21.4 Å². The zero-order valence-electron chi connectivity index (χ0n) is 13.4. The molecule has 0 fully saturated rings. The predicted octanol–water partition coefficient (Wildman–Crippen LogP) is 2.31. The van der Waals surface area contributed by atoms with Crippen LogP contribution in [0.3, 0.4) is 0 Å². The van der Waals surface area contributed by atoms with Gasteiger partial charge in [0.05, 0.1) is 10.3 Å². The molecule has 1 aromatic carbocycles. The van der Waals surface area contributed by atoms with Crippen LogP contribution in [0.25, 0.3) is 0 Å². The minimum Gasteiger partial charge on any atom is -0.481 e. The first-order valence-corrected chi connectivity index (χ1v) is 8.19. The molecule has 0 aliphatic rings. The van der Waals surface area contributed by atoms with Crippen LogP contribution in [-0.4, -0.2) is 26.0 Å². The molecule has 0 aromatic heterocycles. The lowest BCUT2D eigenvalue weighted by Crippen LogP contribution is -2.39. The SMILES string of the molecule is Cc1cc(C)c(C)c(S(=O)(=O)NCC(C)(C)C(=O)O)c1C. The van der Waals surface area contributed by atoms with Crippen LogP contribution in [0.2, 0.25) is 0 Å². The lowest BCUT2D eigenvalue weighted by atomic mass is 9.95. The number of aryl methyl sites for hydroxylation is 2. The average Bonchev–Trinajstić information content (AvgIpc) is 2.34. The van der Waals surface area contributed by atoms with E-state index in [1.54, 1.807) is 13.8 Å². The fourth-order valence-electron chi connectivity index (χ4n) is 2.01. The Labute approximate surface area is 126 Å². The van der Waals surface area contributed by atoms with Gasteiger partial charge in [-0.3, -0.25) is 4.79 Å². The van der Waals surface area contributed by atoms with Gasteiger partial charge in [0.2, 0.25) is 10.0 Å². The van der Waals surface area contributed by atoms with Crippen LogP contribution in [0.1, 0.15) is 36.1 Å². The Morgan fingerprint density at radius 3 is 1.95 bits per heavy atom. The van der Waals surface area contributed by atoms with E-state index in [-0.39, 0.29) is 11.4 Å². The quantitative estimate of drug-likeness (QED) is 0.873. The summed E-state index contributed by atoms with van der Waals surface area (Å²) < 4.78 is 27.5. The third-order valence-electron chi connectivity index (χ3n) is 3.85. The number of rotatable bonds is 5. The van der Waals surface area contributed by atoms with Crippen molar-refractivity contribution in [3.63, 3.8) is 0 Å². The van der Waals surface area contributed by atoms with Crippen molar-refractivity contribution in [3.05, 3.63) is 28.3 Å². The molecule has 0 amide bonds. The molecule has 21 heavy (non-hydrogen) atoms. The van der Waals surface area contributed by atoms with E-state index >= 15 is 0 Å². The number of aliphatic carboxylic acids is 1. The van der Waals surface area contributed by atoms with Crippen LogP contribution < -0.4 is 4.72 Å². The third-order valence-corrected chi connectivity index (χ3v) is 5.52. The number of carbonyl (C=O) groups is 1. The largest absolute Gasteiger partial charge is 0.481 e. The van der Waals surface area contributed by atoms with Gasteiger partial charge in [-0.25, -0.2) is 13.1 Å². The summed E-state index contributed by atoms with van der Waals surface area (Å²) in [5.74, 6) is -1.04. The molecule has 0 radical (unpaired) electrons. The molecule has 118 valence electrons. The summed E-state index contributed by atoms with van der Waals surface area (Å²) in [7, 11) is -3.75. The van der Waals surface area contributed by atoms with Crippen molar-refractivity contribution in [2.45, 2.75) is 46.4 Å². The van der Waals surface area contributed by atoms with E-state index in [9.17, 15) is 13.2 Å². The minimum atomic E-state index is -3.75. The van der Waals surface area contributed by atoms with Crippen LogP contribution in [0.5, 0.6) is 0 Å². The summed E-state index contributed by atoms with van der Waals surface area (Å²) in [5, 5.41) is 9.07. The van der Waals surface area contributed by atoms with Crippen LogP contribution >= 0.6 is 0 Å². The van der Waals surface area contributed by atoms with Crippen molar-refractivity contribution < 1.29 is 18.3 Å². The number of nitrogens with one attached hydrogen (secondary N) is 1. The van der Waals surface area contributed by atoms with E-state index in [0.717, 1.165) is 11.1 Å². The number of hydrogen-bond donors (Lipinski definition) is 2. The van der Waals surface area contributed by atoms with E-state index in [0.29, 0.717) is 11.1 Å². The molecule has 6 heteroatoms. The molecule has 5 nitrogen and oxygen atoms in total. The predicted molar refractivity (Wildman–Crippen MR) is 82.0 cm³/mol. The molecular formula is C15H23NO4S. The Bertz CT molecular complexity index is 649. The molecule has 1 aromatic rings. The first-order chi connectivity index (χ1) is 9.40. The highest BCUT2D eigenvalue weighted by Gasteiger charge is 2.30. The molecule has 0 unspecified atom stereocenters. The third kappa shape index (κ3) is 3.63. The van der Waals surface area contributed by atoms with Gasteiger partial charge in [-0.05, 0) is 63.8 Å². The van der Waals surface area contributed by atoms with E-state index in [1.807, 2.05) is 19.9 Å². The zero-order chi connectivity index (χ0) is 16.6. The maximum absolute atomic E-state index is 12.5. The van der Waals surface area contributed by atoms with Gasteiger partial charge in [0.1, 0.15) is 0 Å². The first-order valence-electron chi connectivity index (χ1n) is 6.70. The van der Waals surface area contributed by atoms with E-state index in [4.69, 9.17) is 5.11 Å².